The van der Waals surface area contributed by atoms with Crippen LogP contribution >= 0.6 is 15.9 Å². The first kappa shape index (κ1) is 24.5. The molecule has 1 unspecified atom stereocenters. The molecule has 3 nitrogen and oxygen atoms in total. The van der Waals surface area contributed by atoms with Gasteiger partial charge in [0.25, 0.3) is 5.92 Å². The molecular formula is C24H29BrF2O3. The number of hydrogen-bond donors (Lipinski definition) is 0. The Morgan fingerprint density at radius 1 is 1.00 bits per heavy atom. The molecule has 0 amide bonds. The molecule has 2 aromatic carbocycles. The Labute approximate surface area is 185 Å². The van der Waals surface area contributed by atoms with Gasteiger partial charge in [0.2, 0.25) is 0 Å². The van der Waals surface area contributed by atoms with Crippen molar-refractivity contribution < 1.29 is 23.0 Å². The fourth-order valence-electron chi connectivity index (χ4n) is 3.27. The van der Waals surface area contributed by atoms with E-state index >= 15 is 8.78 Å². The zero-order valence-corrected chi connectivity index (χ0v) is 19.5. The molecule has 2 aromatic rings. The quantitative estimate of drug-likeness (QED) is 0.360. The monoisotopic (exact) mass is 482 g/mol. The normalized spacial score (nSPS) is 14.2. The largest absolute Gasteiger partial charge is 0.468 e. The first-order chi connectivity index (χ1) is 14.0. The lowest BCUT2D eigenvalue weighted by atomic mass is 9.74. The van der Waals surface area contributed by atoms with Crippen molar-refractivity contribution in [2.24, 2.45) is 5.41 Å². The second-order valence-electron chi connectivity index (χ2n) is 8.40. The van der Waals surface area contributed by atoms with Gasteiger partial charge in [0, 0.05) is 10.9 Å². The Hall–Kier alpha value is -1.79. The van der Waals surface area contributed by atoms with Crippen LogP contribution < -0.4 is 0 Å². The Bertz CT molecular complexity index is 839. The Balaban J connectivity index is 2.09. The summed E-state index contributed by atoms with van der Waals surface area (Å²) in [5.74, 6) is -3.57. The summed E-state index contributed by atoms with van der Waals surface area (Å²) in [5, 5.41) is 0. The van der Waals surface area contributed by atoms with E-state index in [1.54, 1.807) is 25.1 Å². The zero-order chi connectivity index (χ0) is 22.4. The van der Waals surface area contributed by atoms with Gasteiger partial charge in [0.1, 0.15) is 0 Å². The Morgan fingerprint density at radius 2 is 1.67 bits per heavy atom. The van der Waals surface area contributed by atoms with Gasteiger partial charge in [-0.15, -0.1) is 0 Å². The van der Waals surface area contributed by atoms with Gasteiger partial charge in [-0.3, -0.25) is 4.79 Å². The summed E-state index contributed by atoms with van der Waals surface area (Å²) in [6, 6.07) is 16.6. The van der Waals surface area contributed by atoms with Crippen LogP contribution in [0, 0.1) is 5.41 Å². The third-order valence-corrected chi connectivity index (χ3v) is 6.09. The molecule has 2 rings (SSSR count). The smallest absolute Gasteiger partial charge is 0.315 e. The number of carbonyl (C=O) groups is 1. The number of halogens is 3. The number of alkyl halides is 2. The van der Waals surface area contributed by atoms with Crippen LogP contribution in [-0.2, 0) is 26.3 Å². The van der Waals surface area contributed by atoms with E-state index in [9.17, 15) is 4.79 Å². The molecule has 0 saturated carbocycles. The van der Waals surface area contributed by atoms with E-state index in [0.29, 0.717) is 5.56 Å². The van der Waals surface area contributed by atoms with Crippen LogP contribution in [0.25, 0.3) is 0 Å². The van der Waals surface area contributed by atoms with E-state index < -0.39 is 29.1 Å². The third-order valence-electron chi connectivity index (χ3n) is 5.60. The summed E-state index contributed by atoms with van der Waals surface area (Å²) in [6.45, 7) is 4.81. The maximum absolute atomic E-state index is 15.2. The molecule has 164 valence electrons. The standard InChI is InChI=1S/C24H29BrF2O3/c1-22(2,17-30-16-18-9-6-5-7-10-18)24(26,27)14-13-23(3,21(28)29-4)19-11-8-12-20(25)15-19/h5-12,15H,13-14,16-17H2,1-4H3. The highest BCUT2D eigenvalue weighted by molar-refractivity contribution is 9.10. The number of ether oxygens (including phenoxy) is 2. The number of hydrogen-bond acceptors (Lipinski definition) is 3. The number of benzene rings is 2. The summed E-state index contributed by atoms with van der Waals surface area (Å²) in [4.78, 5) is 12.5. The predicted octanol–water partition coefficient (Wildman–Crippen LogP) is 6.54. The van der Waals surface area contributed by atoms with Crippen LogP contribution in [-0.4, -0.2) is 25.6 Å². The van der Waals surface area contributed by atoms with Gasteiger partial charge in [0.05, 0.1) is 31.2 Å². The van der Waals surface area contributed by atoms with Gasteiger partial charge < -0.3 is 9.47 Å². The lowest BCUT2D eigenvalue weighted by molar-refractivity contribution is -0.155. The molecule has 0 aliphatic carbocycles. The maximum Gasteiger partial charge on any atom is 0.315 e. The summed E-state index contributed by atoms with van der Waals surface area (Å²) < 4.78 is 41.7. The molecule has 0 spiro atoms. The van der Waals surface area contributed by atoms with E-state index in [2.05, 4.69) is 15.9 Å². The fraction of sp³-hybridized carbons (Fsp3) is 0.458. The van der Waals surface area contributed by atoms with Crippen molar-refractivity contribution in [2.45, 2.75) is 51.6 Å². The van der Waals surface area contributed by atoms with Gasteiger partial charge in [-0.1, -0.05) is 72.2 Å². The fourth-order valence-corrected chi connectivity index (χ4v) is 3.67. The second kappa shape index (κ2) is 10.0. The van der Waals surface area contributed by atoms with Crippen molar-refractivity contribution >= 4 is 21.9 Å². The van der Waals surface area contributed by atoms with E-state index in [1.807, 2.05) is 36.4 Å². The molecule has 0 saturated heterocycles. The van der Waals surface area contributed by atoms with Crippen molar-refractivity contribution in [1.82, 2.24) is 0 Å². The van der Waals surface area contributed by atoms with E-state index in [4.69, 9.17) is 9.47 Å². The third kappa shape index (κ3) is 5.88. The molecule has 0 bridgehead atoms. The van der Waals surface area contributed by atoms with E-state index in [-0.39, 0.29) is 19.6 Å². The average molecular weight is 483 g/mol. The summed E-state index contributed by atoms with van der Waals surface area (Å²) in [5.41, 5.74) is -0.999. The van der Waals surface area contributed by atoms with Crippen LogP contribution in [0.4, 0.5) is 8.78 Å². The van der Waals surface area contributed by atoms with Crippen LogP contribution in [0.15, 0.2) is 59.1 Å². The lowest BCUT2D eigenvalue weighted by Crippen LogP contribution is -2.43. The van der Waals surface area contributed by atoms with Gasteiger partial charge in [-0.2, -0.15) is 0 Å². The first-order valence-electron chi connectivity index (χ1n) is 9.86. The second-order valence-corrected chi connectivity index (χ2v) is 9.32. The highest BCUT2D eigenvalue weighted by atomic mass is 79.9. The van der Waals surface area contributed by atoms with Crippen molar-refractivity contribution in [3.8, 4) is 0 Å². The molecule has 0 aromatic heterocycles. The van der Waals surface area contributed by atoms with Crippen molar-refractivity contribution in [1.29, 1.82) is 0 Å². The summed E-state index contributed by atoms with van der Waals surface area (Å²) in [6.07, 6.45) is -0.516. The SMILES string of the molecule is COC(=O)C(C)(CCC(F)(F)C(C)(C)COCc1ccccc1)c1cccc(Br)c1. The first-order valence-corrected chi connectivity index (χ1v) is 10.7. The van der Waals surface area contributed by atoms with Crippen LogP contribution in [0.2, 0.25) is 0 Å². The number of esters is 1. The van der Waals surface area contributed by atoms with Crippen molar-refractivity contribution in [2.75, 3.05) is 13.7 Å². The zero-order valence-electron chi connectivity index (χ0n) is 17.9. The molecule has 0 N–H and O–H groups in total. The van der Waals surface area contributed by atoms with Gasteiger partial charge >= 0.3 is 5.97 Å². The molecule has 0 heterocycles. The molecule has 1 atom stereocenters. The molecule has 30 heavy (non-hydrogen) atoms. The minimum Gasteiger partial charge on any atom is -0.468 e. The van der Waals surface area contributed by atoms with Gasteiger partial charge in [-0.25, -0.2) is 8.78 Å². The number of carbonyl (C=O) groups excluding carboxylic acids is 1. The average Bonchev–Trinajstić information content (AvgIpc) is 2.72. The Morgan fingerprint density at radius 3 is 2.27 bits per heavy atom. The minimum absolute atomic E-state index is 0.0504. The van der Waals surface area contributed by atoms with Gasteiger partial charge in [0.15, 0.2) is 0 Å². The van der Waals surface area contributed by atoms with E-state index in [0.717, 1.165) is 10.0 Å². The molecular weight excluding hydrogens is 454 g/mol. The van der Waals surface area contributed by atoms with Crippen LogP contribution in [0.1, 0.15) is 44.7 Å². The van der Waals surface area contributed by atoms with Crippen LogP contribution in [0.5, 0.6) is 0 Å². The Kier molecular flexibility index (Phi) is 8.17. The number of rotatable bonds is 10. The van der Waals surface area contributed by atoms with E-state index in [1.165, 1.54) is 21.0 Å². The minimum atomic E-state index is -3.04. The summed E-state index contributed by atoms with van der Waals surface area (Å²) in [7, 11) is 1.28. The number of methoxy groups -OCH3 is 1. The highest BCUT2D eigenvalue weighted by Gasteiger charge is 2.49. The molecule has 0 aliphatic rings. The maximum atomic E-state index is 15.2. The predicted molar refractivity (Wildman–Crippen MR) is 118 cm³/mol. The van der Waals surface area contributed by atoms with Crippen molar-refractivity contribution in [3.63, 3.8) is 0 Å². The van der Waals surface area contributed by atoms with Crippen molar-refractivity contribution in [3.05, 3.63) is 70.2 Å². The topological polar surface area (TPSA) is 35.5 Å². The van der Waals surface area contributed by atoms with Gasteiger partial charge in [-0.05, 0) is 36.6 Å². The molecule has 0 radical (unpaired) electrons. The lowest BCUT2D eigenvalue weighted by Gasteiger charge is -2.36. The molecule has 0 fully saturated rings. The highest BCUT2D eigenvalue weighted by Crippen LogP contribution is 2.43. The molecule has 0 aliphatic heterocycles. The van der Waals surface area contributed by atoms with Crippen LogP contribution in [0.3, 0.4) is 0 Å². The molecule has 6 heteroatoms. The summed E-state index contributed by atoms with van der Waals surface area (Å²) >= 11 is 3.38.